The molecule has 3 nitrogen and oxygen atoms in total. The highest BCUT2D eigenvalue weighted by molar-refractivity contribution is 5.87. The largest absolute Gasteiger partial charge is 0.361 e. The summed E-state index contributed by atoms with van der Waals surface area (Å²) >= 11 is 0. The number of ether oxygens (including phenoxy) is 2. The number of hydrogen-bond donors (Lipinski definition) is 1. The smallest absolute Gasteiger partial charge is 0.168 e. The Hall–Kier alpha value is -1.32. The lowest BCUT2D eigenvalue weighted by molar-refractivity contribution is -0.178. The molecule has 3 heteroatoms. The molecule has 1 saturated heterocycles. The number of aromatic nitrogens is 1. The minimum absolute atomic E-state index is 0.256. The summed E-state index contributed by atoms with van der Waals surface area (Å²) in [6.45, 7) is 5.89. The van der Waals surface area contributed by atoms with Crippen molar-refractivity contribution in [3.8, 4) is 0 Å². The van der Waals surface area contributed by atoms with Crippen molar-refractivity contribution >= 4 is 10.9 Å². The minimum atomic E-state index is -0.256. The van der Waals surface area contributed by atoms with Gasteiger partial charge in [-0.2, -0.15) is 0 Å². The Balaban J connectivity index is 1.63. The van der Waals surface area contributed by atoms with Crippen LogP contribution in [-0.2, 0) is 9.47 Å². The van der Waals surface area contributed by atoms with Gasteiger partial charge in [-0.25, -0.2) is 0 Å². The molecule has 2 aromatic rings. The van der Waals surface area contributed by atoms with E-state index in [-0.39, 0.29) is 5.79 Å². The van der Waals surface area contributed by atoms with Crippen molar-refractivity contribution in [2.45, 2.75) is 51.2 Å². The summed E-state index contributed by atoms with van der Waals surface area (Å²) in [6.07, 6.45) is 6.57. The first kappa shape index (κ1) is 13.4. The van der Waals surface area contributed by atoms with E-state index in [0.29, 0.717) is 5.92 Å². The average Bonchev–Trinajstić information content (AvgIpc) is 3.08. The summed E-state index contributed by atoms with van der Waals surface area (Å²) in [7, 11) is 0. The third kappa shape index (κ3) is 2.19. The molecule has 2 heterocycles. The fourth-order valence-corrected chi connectivity index (χ4v) is 4.11. The molecular weight excluding hydrogens is 262 g/mol. The second-order valence-electron chi connectivity index (χ2n) is 6.63. The molecule has 112 valence electrons. The molecule has 1 aromatic heterocycles. The summed E-state index contributed by atoms with van der Waals surface area (Å²) < 4.78 is 11.7. The van der Waals surface area contributed by atoms with Gasteiger partial charge in [0, 0.05) is 29.9 Å². The van der Waals surface area contributed by atoms with Crippen LogP contribution >= 0.6 is 0 Å². The van der Waals surface area contributed by atoms with E-state index in [1.807, 2.05) is 0 Å². The van der Waals surface area contributed by atoms with Crippen LogP contribution in [0.3, 0.4) is 0 Å². The molecule has 2 aliphatic rings. The highest BCUT2D eigenvalue weighted by Crippen LogP contribution is 2.44. The predicted molar refractivity (Wildman–Crippen MR) is 83.6 cm³/mol. The fraction of sp³-hybridized carbons (Fsp3) is 0.556. The van der Waals surface area contributed by atoms with Gasteiger partial charge in [-0.1, -0.05) is 11.6 Å². The first-order chi connectivity index (χ1) is 10.2. The number of H-pyrrole nitrogens is 1. The van der Waals surface area contributed by atoms with Gasteiger partial charge in [-0.05, 0) is 49.8 Å². The van der Waals surface area contributed by atoms with Gasteiger partial charge < -0.3 is 14.5 Å². The van der Waals surface area contributed by atoms with Crippen molar-refractivity contribution in [3.05, 3.63) is 35.0 Å². The first-order valence-corrected chi connectivity index (χ1v) is 8.03. The van der Waals surface area contributed by atoms with Crippen LogP contribution in [0.25, 0.3) is 10.9 Å². The van der Waals surface area contributed by atoms with Gasteiger partial charge in [0.05, 0.1) is 13.2 Å². The third-order valence-corrected chi connectivity index (χ3v) is 5.16. The predicted octanol–water partition coefficient (Wildman–Crippen LogP) is 4.19. The fourth-order valence-electron chi connectivity index (χ4n) is 4.11. The van der Waals surface area contributed by atoms with Crippen molar-refractivity contribution < 1.29 is 9.47 Å². The van der Waals surface area contributed by atoms with Crippen molar-refractivity contribution in [1.82, 2.24) is 4.98 Å². The number of benzene rings is 1. The van der Waals surface area contributed by atoms with Gasteiger partial charge in [-0.3, -0.25) is 0 Å². The van der Waals surface area contributed by atoms with E-state index < -0.39 is 0 Å². The van der Waals surface area contributed by atoms with E-state index in [4.69, 9.17) is 9.47 Å². The Morgan fingerprint density at radius 1 is 1.10 bits per heavy atom. The highest BCUT2D eigenvalue weighted by Gasteiger charge is 2.40. The molecule has 21 heavy (non-hydrogen) atoms. The summed E-state index contributed by atoms with van der Waals surface area (Å²) in [5, 5.41) is 1.40. The molecule has 0 unspecified atom stereocenters. The summed E-state index contributed by atoms with van der Waals surface area (Å²) in [6, 6.07) is 4.57. The number of hydrogen-bond acceptors (Lipinski definition) is 2. The van der Waals surface area contributed by atoms with Crippen molar-refractivity contribution in [2.24, 2.45) is 0 Å². The monoisotopic (exact) mass is 285 g/mol. The minimum Gasteiger partial charge on any atom is -0.361 e. The number of nitrogens with one attached hydrogen (secondary N) is 1. The number of rotatable bonds is 1. The molecule has 1 aliphatic carbocycles. The van der Waals surface area contributed by atoms with Crippen molar-refractivity contribution in [3.63, 3.8) is 0 Å². The van der Waals surface area contributed by atoms with Crippen LogP contribution in [0.5, 0.6) is 0 Å². The molecule has 0 radical (unpaired) electrons. The van der Waals surface area contributed by atoms with Gasteiger partial charge in [-0.15, -0.1) is 0 Å². The zero-order chi connectivity index (χ0) is 14.4. The summed E-state index contributed by atoms with van der Waals surface area (Å²) in [5.41, 5.74) is 5.45. The van der Waals surface area contributed by atoms with Gasteiger partial charge in [0.25, 0.3) is 0 Å². The van der Waals surface area contributed by atoms with E-state index in [0.717, 1.165) is 38.9 Å². The number of fused-ring (bicyclic) bond motifs is 1. The average molecular weight is 285 g/mol. The van der Waals surface area contributed by atoms with Crippen LogP contribution < -0.4 is 0 Å². The van der Waals surface area contributed by atoms with Crippen molar-refractivity contribution in [2.75, 3.05) is 13.2 Å². The Labute approximate surface area is 125 Å². The van der Waals surface area contributed by atoms with Crippen LogP contribution in [0.1, 0.15) is 48.3 Å². The molecule has 1 aromatic carbocycles. The zero-order valence-electron chi connectivity index (χ0n) is 12.9. The van der Waals surface area contributed by atoms with Crippen LogP contribution in [0.2, 0.25) is 0 Å². The maximum Gasteiger partial charge on any atom is 0.168 e. The molecule has 1 saturated carbocycles. The highest BCUT2D eigenvalue weighted by atomic mass is 16.7. The maximum atomic E-state index is 5.84. The van der Waals surface area contributed by atoms with E-state index in [1.165, 1.54) is 27.6 Å². The van der Waals surface area contributed by atoms with Crippen molar-refractivity contribution in [1.29, 1.82) is 0 Å². The molecule has 1 spiro atoms. The summed E-state index contributed by atoms with van der Waals surface area (Å²) in [4.78, 5) is 3.48. The Kier molecular flexibility index (Phi) is 3.09. The quantitative estimate of drug-likeness (QED) is 0.852. The lowest BCUT2D eigenvalue weighted by atomic mass is 9.80. The first-order valence-electron chi connectivity index (χ1n) is 8.03. The Morgan fingerprint density at radius 3 is 2.52 bits per heavy atom. The Bertz CT molecular complexity index is 657. The van der Waals surface area contributed by atoms with Crippen LogP contribution in [0.4, 0.5) is 0 Å². The molecule has 2 fully saturated rings. The maximum absolute atomic E-state index is 5.84. The van der Waals surface area contributed by atoms with E-state index in [2.05, 4.69) is 37.2 Å². The van der Waals surface area contributed by atoms with Gasteiger partial charge in [0.1, 0.15) is 0 Å². The zero-order valence-corrected chi connectivity index (χ0v) is 12.9. The molecule has 0 amide bonds. The molecule has 1 aliphatic heterocycles. The normalized spacial score (nSPS) is 22.4. The molecular formula is C18H23NO2. The van der Waals surface area contributed by atoms with Gasteiger partial charge >= 0.3 is 0 Å². The lowest BCUT2D eigenvalue weighted by Crippen LogP contribution is -2.34. The van der Waals surface area contributed by atoms with Gasteiger partial charge in [0.2, 0.25) is 0 Å². The third-order valence-electron chi connectivity index (χ3n) is 5.16. The van der Waals surface area contributed by atoms with E-state index >= 15 is 0 Å². The molecule has 4 rings (SSSR count). The molecule has 0 bridgehead atoms. The lowest BCUT2D eigenvalue weighted by Gasteiger charge is -2.35. The van der Waals surface area contributed by atoms with Crippen LogP contribution in [-0.4, -0.2) is 24.0 Å². The molecule has 0 atom stereocenters. The van der Waals surface area contributed by atoms with Gasteiger partial charge in [0.15, 0.2) is 5.79 Å². The van der Waals surface area contributed by atoms with Crippen LogP contribution in [0.15, 0.2) is 18.3 Å². The summed E-state index contributed by atoms with van der Waals surface area (Å²) in [5.74, 6) is 0.368. The molecule has 1 N–H and O–H groups in total. The van der Waals surface area contributed by atoms with E-state index in [9.17, 15) is 0 Å². The number of aromatic amines is 1. The topological polar surface area (TPSA) is 34.2 Å². The number of aryl methyl sites for hydroxylation is 2. The van der Waals surface area contributed by atoms with Crippen LogP contribution in [0, 0.1) is 13.8 Å². The SMILES string of the molecule is Cc1cc(C)c2[nH]cc(C3CCC4(CC3)OCCO4)c2c1. The van der Waals surface area contributed by atoms with E-state index in [1.54, 1.807) is 0 Å². The Morgan fingerprint density at radius 2 is 1.81 bits per heavy atom. The standard InChI is InChI=1S/C18H23NO2/c1-12-9-13(2)17-15(10-12)16(11-19-17)14-3-5-18(6-4-14)20-7-8-21-18/h9-11,14,19H,3-8H2,1-2H3. The second kappa shape index (κ2) is 4.85. The second-order valence-corrected chi connectivity index (χ2v) is 6.63.